The minimum Gasteiger partial charge on any atom is -0.375 e. The number of rotatable bonds is 7. The van der Waals surface area contributed by atoms with Gasteiger partial charge in [0.15, 0.2) is 0 Å². The lowest BCUT2D eigenvalue weighted by atomic mass is 10.1. The highest BCUT2D eigenvalue weighted by atomic mass is 16.5. The number of nitrogens with one attached hydrogen (secondary N) is 1. The van der Waals surface area contributed by atoms with Crippen LogP contribution in [0.4, 0.5) is 0 Å². The van der Waals surface area contributed by atoms with E-state index >= 15 is 0 Å². The maximum absolute atomic E-state index is 9.15. The molecule has 2 aromatic carbocycles. The van der Waals surface area contributed by atoms with Crippen molar-refractivity contribution in [2.24, 2.45) is 0 Å². The lowest BCUT2D eigenvalue weighted by Gasteiger charge is -2.15. The van der Waals surface area contributed by atoms with Gasteiger partial charge < -0.3 is 9.94 Å². The first-order valence-electron chi connectivity index (χ1n) is 6.43. The molecule has 0 saturated heterocycles. The predicted octanol–water partition coefficient (Wildman–Crippen LogP) is 2.79. The normalized spacial score (nSPS) is 12.3. The fourth-order valence-electron chi connectivity index (χ4n) is 1.93. The molecule has 0 aliphatic rings. The van der Waals surface area contributed by atoms with E-state index in [1.165, 1.54) is 5.56 Å². The molecule has 2 rings (SSSR count). The molecule has 0 amide bonds. The van der Waals surface area contributed by atoms with Gasteiger partial charge in [-0.05, 0) is 17.5 Å². The molecule has 0 radical (unpaired) electrons. The Morgan fingerprint density at radius 2 is 1.47 bits per heavy atom. The second-order valence-corrected chi connectivity index (χ2v) is 4.52. The van der Waals surface area contributed by atoms with Crippen LogP contribution >= 0.6 is 0 Å². The third-order valence-electron chi connectivity index (χ3n) is 2.94. The van der Waals surface area contributed by atoms with Gasteiger partial charge in [0, 0.05) is 0 Å². The maximum atomic E-state index is 9.15. The van der Waals surface area contributed by atoms with Gasteiger partial charge in [0.1, 0.15) is 0 Å². The summed E-state index contributed by atoms with van der Waals surface area (Å²) >= 11 is 0. The zero-order chi connectivity index (χ0) is 13.3. The summed E-state index contributed by atoms with van der Waals surface area (Å²) in [4.78, 5) is 0. The van der Waals surface area contributed by atoms with Crippen molar-refractivity contribution in [1.29, 1.82) is 0 Å². The summed E-state index contributed by atoms with van der Waals surface area (Å²) in [5.41, 5.74) is 4.63. The van der Waals surface area contributed by atoms with Gasteiger partial charge >= 0.3 is 0 Å². The fraction of sp³-hybridized carbons (Fsp3) is 0.250. The first-order valence-corrected chi connectivity index (χ1v) is 6.43. The first-order chi connectivity index (χ1) is 9.38. The fourth-order valence-corrected chi connectivity index (χ4v) is 1.93. The molecule has 0 aromatic heterocycles. The average Bonchev–Trinajstić information content (AvgIpc) is 2.48. The van der Waals surface area contributed by atoms with Crippen LogP contribution in [0, 0.1) is 0 Å². The van der Waals surface area contributed by atoms with E-state index in [1.807, 2.05) is 60.7 Å². The molecule has 100 valence electrons. The minimum atomic E-state index is -0.0916. The van der Waals surface area contributed by atoms with Crippen LogP contribution in [0.5, 0.6) is 0 Å². The molecule has 0 spiro atoms. The topological polar surface area (TPSA) is 41.5 Å². The van der Waals surface area contributed by atoms with Crippen LogP contribution in [0.15, 0.2) is 60.7 Å². The Morgan fingerprint density at radius 1 is 0.895 bits per heavy atom. The summed E-state index contributed by atoms with van der Waals surface area (Å²) in [5.74, 6) is 0. The highest BCUT2D eigenvalue weighted by molar-refractivity contribution is 5.16. The van der Waals surface area contributed by atoms with Gasteiger partial charge in [-0.2, -0.15) is 5.48 Å². The summed E-state index contributed by atoms with van der Waals surface area (Å²) in [6, 6.07) is 20.0. The van der Waals surface area contributed by atoms with Crippen LogP contribution in [0.25, 0.3) is 0 Å². The van der Waals surface area contributed by atoms with Crippen molar-refractivity contribution in [3.8, 4) is 0 Å². The lowest BCUT2D eigenvalue weighted by molar-refractivity contribution is 0.0426. The zero-order valence-corrected chi connectivity index (χ0v) is 10.8. The van der Waals surface area contributed by atoms with E-state index in [2.05, 4.69) is 5.48 Å². The molecule has 0 aliphatic carbocycles. The van der Waals surface area contributed by atoms with E-state index in [9.17, 15) is 0 Å². The van der Waals surface area contributed by atoms with Crippen LogP contribution in [-0.4, -0.2) is 17.9 Å². The van der Waals surface area contributed by atoms with Crippen LogP contribution in [-0.2, 0) is 17.8 Å². The Balaban J connectivity index is 1.77. The highest BCUT2D eigenvalue weighted by Crippen LogP contribution is 2.05. The summed E-state index contributed by atoms with van der Waals surface area (Å²) in [5, 5.41) is 9.15. The maximum Gasteiger partial charge on any atom is 0.0717 e. The summed E-state index contributed by atoms with van der Waals surface area (Å²) in [6.45, 7) is 1.04. The SMILES string of the molecule is ONC(COCc1ccccc1)Cc1ccccc1. The Morgan fingerprint density at radius 3 is 2.05 bits per heavy atom. The van der Waals surface area contributed by atoms with Crippen molar-refractivity contribution in [2.45, 2.75) is 19.1 Å². The van der Waals surface area contributed by atoms with Crippen molar-refractivity contribution in [3.05, 3.63) is 71.8 Å². The molecule has 0 heterocycles. The highest BCUT2D eigenvalue weighted by Gasteiger charge is 2.08. The molecular weight excluding hydrogens is 238 g/mol. The summed E-state index contributed by atoms with van der Waals surface area (Å²) < 4.78 is 5.62. The second kappa shape index (κ2) is 7.69. The Kier molecular flexibility index (Phi) is 5.56. The largest absolute Gasteiger partial charge is 0.375 e. The van der Waals surface area contributed by atoms with E-state index in [0.29, 0.717) is 13.2 Å². The minimum absolute atomic E-state index is 0.0916. The van der Waals surface area contributed by atoms with Gasteiger partial charge in [-0.1, -0.05) is 60.7 Å². The molecule has 0 saturated carbocycles. The van der Waals surface area contributed by atoms with E-state index in [0.717, 1.165) is 12.0 Å². The molecule has 0 fully saturated rings. The molecule has 2 N–H and O–H groups in total. The van der Waals surface area contributed by atoms with Gasteiger partial charge in [0.25, 0.3) is 0 Å². The van der Waals surface area contributed by atoms with Crippen LogP contribution in [0.1, 0.15) is 11.1 Å². The summed E-state index contributed by atoms with van der Waals surface area (Å²) in [7, 11) is 0. The van der Waals surface area contributed by atoms with Gasteiger partial charge in [-0.3, -0.25) is 0 Å². The summed E-state index contributed by atoms with van der Waals surface area (Å²) in [6.07, 6.45) is 0.742. The first kappa shape index (κ1) is 13.7. The lowest BCUT2D eigenvalue weighted by Crippen LogP contribution is -2.33. The second-order valence-electron chi connectivity index (χ2n) is 4.52. The van der Waals surface area contributed by atoms with Crippen molar-refractivity contribution in [3.63, 3.8) is 0 Å². The molecular formula is C16H19NO2. The molecule has 19 heavy (non-hydrogen) atoms. The smallest absolute Gasteiger partial charge is 0.0717 e. The average molecular weight is 257 g/mol. The standard InChI is InChI=1S/C16H19NO2/c18-17-16(11-14-7-3-1-4-8-14)13-19-12-15-9-5-2-6-10-15/h1-10,16-18H,11-13H2. The molecule has 0 aliphatic heterocycles. The van der Waals surface area contributed by atoms with Crippen molar-refractivity contribution < 1.29 is 9.94 Å². The van der Waals surface area contributed by atoms with E-state index in [4.69, 9.17) is 9.94 Å². The Bertz CT molecular complexity index is 459. The van der Waals surface area contributed by atoms with E-state index < -0.39 is 0 Å². The number of ether oxygens (including phenoxy) is 1. The van der Waals surface area contributed by atoms with Crippen molar-refractivity contribution >= 4 is 0 Å². The Hall–Kier alpha value is -1.68. The van der Waals surface area contributed by atoms with Crippen LogP contribution < -0.4 is 5.48 Å². The molecule has 2 aromatic rings. The molecule has 1 unspecified atom stereocenters. The molecule has 3 heteroatoms. The van der Waals surface area contributed by atoms with Crippen molar-refractivity contribution in [1.82, 2.24) is 5.48 Å². The van der Waals surface area contributed by atoms with Crippen molar-refractivity contribution in [2.75, 3.05) is 6.61 Å². The molecule has 0 bridgehead atoms. The van der Waals surface area contributed by atoms with Gasteiger partial charge in [-0.15, -0.1) is 0 Å². The Labute approximate surface area is 113 Å². The quantitative estimate of drug-likeness (QED) is 0.749. The monoisotopic (exact) mass is 257 g/mol. The zero-order valence-electron chi connectivity index (χ0n) is 10.8. The third-order valence-corrected chi connectivity index (χ3v) is 2.94. The number of hydroxylamine groups is 1. The number of hydrogen-bond donors (Lipinski definition) is 2. The third kappa shape index (κ3) is 4.83. The van der Waals surface area contributed by atoms with Crippen LogP contribution in [0.3, 0.4) is 0 Å². The molecule has 1 atom stereocenters. The van der Waals surface area contributed by atoms with Gasteiger partial charge in [-0.25, -0.2) is 0 Å². The molecule has 3 nitrogen and oxygen atoms in total. The number of hydrogen-bond acceptors (Lipinski definition) is 3. The van der Waals surface area contributed by atoms with E-state index in [1.54, 1.807) is 0 Å². The van der Waals surface area contributed by atoms with Gasteiger partial charge in [0.05, 0.1) is 19.3 Å². The van der Waals surface area contributed by atoms with Gasteiger partial charge in [0.2, 0.25) is 0 Å². The van der Waals surface area contributed by atoms with E-state index in [-0.39, 0.29) is 6.04 Å². The number of benzene rings is 2. The predicted molar refractivity (Wildman–Crippen MR) is 75.0 cm³/mol. The van der Waals surface area contributed by atoms with Crippen LogP contribution in [0.2, 0.25) is 0 Å².